The molecular formula is C23H24N6O2S. The summed E-state index contributed by atoms with van der Waals surface area (Å²) in [6.45, 7) is 5.04. The van der Waals surface area contributed by atoms with E-state index in [1.807, 2.05) is 54.1 Å². The number of fused-ring (bicyclic) bond motifs is 1. The predicted molar refractivity (Wildman–Crippen MR) is 127 cm³/mol. The van der Waals surface area contributed by atoms with Gasteiger partial charge in [0.1, 0.15) is 12.4 Å². The lowest BCUT2D eigenvalue weighted by molar-refractivity contribution is -0.114. The summed E-state index contributed by atoms with van der Waals surface area (Å²) in [6, 6.07) is 11.7. The average molecular weight is 449 g/mol. The predicted octanol–water partition coefficient (Wildman–Crippen LogP) is 3.55. The number of carbonyl (C=O) groups is 1. The SMILES string of the molecule is Cc1ccccc1OCCn1cccc1/C=C1\C(=N)N2N=C(N3CCCC3)SC2=NC1=O. The number of amidine groups is 3. The number of amides is 1. The molecule has 1 saturated heterocycles. The zero-order valence-corrected chi connectivity index (χ0v) is 18.6. The van der Waals surface area contributed by atoms with Crippen LogP contribution in [0.5, 0.6) is 5.75 Å². The number of aryl methyl sites for hydroxylation is 1. The van der Waals surface area contributed by atoms with Gasteiger partial charge in [0.15, 0.2) is 11.0 Å². The van der Waals surface area contributed by atoms with Crippen molar-refractivity contribution >= 4 is 39.9 Å². The van der Waals surface area contributed by atoms with Crippen LogP contribution in [0.3, 0.4) is 0 Å². The molecule has 5 rings (SSSR count). The topological polar surface area (TPSA) is 86.3 Å². The highest BCUT2D eigenvalue weighted by Gasteiger charge is 2.37. The number of aromatic nitrogens is 1. The van der Waals surface area contributed by atoms with Gasteiger partial charge in [0.25, 0.3) is 5.91 Å². The van der Waals surface area contributed by atoms with E-state index >= 15 is 0 Å². The lowest BCUT2D eigenvalue weighted by atomic mass is 10.1. The zero-order chi connectivity index (χ0) is 22.1. The summed E-state index contributed by atoms with van der Waals surface area (Å²) in [5.74, 6) is 0.519. The Balaban J connectivity index is 1.31. The van der Waals surface area contributed by atoms with E-state index in [9.17, 15) is 4.79 Å². The van der Waals surface area contributed by atoms with Gasteiger partial charge in [0.2, 0.25) is 5.17 Å². The standard InChI is InChI=1S/C23H24N6O2S/c1-16-7-2-3-9-19(16)31-14-13-27-12-6-8-17(27)15-18-20(24)29-22(25-21(18)30)32-23(26-29)28-10-4-5-11-28/h2-3,6-9,12,15,24H,4-5,10-11,13-14H2,1H3/b18-15+,24-20?. The fourth-order valence-electron chi connectivity index (χ4n) is 3.90. The van der Waals surface area contributed by atoms with E-state index in [-0.39, 0.29) is 11.4 Å². The maximum absolute atomic E-state index is 12.7. The number of carbonyl (C=O) groups excluding carboxylic acids is 1. The molecule has 0 spiro atoms. The smallest absolute Gasteiger partial charge is 0.283 e. The molecule has 2 aromatic rings. The van der Waals surface area contributed by atoms with Crippen LogP contribution in [0.4, 0.5) is 0 Å². The van der Waals surface area contributed by atoms with Crippen LogP contribution < -0.4 is 4.74 Å². The molecule has 3 aliphatic rings. The molecule has 0 radical (unpaired) electrons. The summed E-state index contributed by atoms with van der Waals surface area (Å²) in [6.07, 6.45) is 5.93. The summed E-state index contributed by atoms with van der Waals surface area (Å²) in [7, 11) is 0. The minimum atomic E-state index is -0.407. The van der Waals surface area contributed by atoms with Crippen molar-refractivity contribution in [1.82, 2.24) is 14.5 Å². The van der Waals surface area contributed by atoms with Crippen molar-refractivity contribution in [1.29, 1.82) is 5.41 Å². The summed E-state index contributed by atoms with van der Waals surface area (Å²) in [4.78, 5) is 19.1. The van der Waals surface area contributed by atoms with Gasteiger partial charge in [0.05, 0.1) is 12.1 Å². The Kier molecular flexibility index (Phi) is 5.57. The molecule has 0 unspecified atom stereocenters. The molecule has 1 fully saturated rings. The third kappa shape index (κ3) is 3.95. The molecule has 0 bridgehead atoms. The lowest BCUT2D eigenvalue weighted by Gasteiger charge is -2.20. The zero-order valence-electron chi connectivity index (χ0n) is 17.8. The van der Waals surface area contributed by atoms with Crippen LogP contribution in [0, 0.1) is 12.3 Å². The van der Waals surface area contributed by atoms with Crippen LogP contribution in [-0.4, -0.2) is 56.3 Å². The Morgan fingerprint density at radius 1 is 1.16 bits per heavy atom. The molecule has 9 heteroatoms. The minimum Gasteiger partial charge on any atom is -0.491 e. The number of ether oxygens (including phenoxy) is 1. The lowest BCUT2D eigenvalue weighted by Crippen LogP contribution is -2.35. The number of nitrogens with one attached hydrogen (secondary N) is 1. The van der Waals surface area contributed by atoms with Gasteiger partial charge in [-0.25, -0.2) is 0 Å². The number of likely N-dealkylation sites (tertiary alicyclic amines) is 1. The first kappa shape index (κ1) is 20.6. The van der Waals surface area contributed by atoms with Gasteiger partial charge in [-0.05, 0) is 61.4 Å². The molecule has 1 aromatic heterocycles. The monoisotopic (exact) mass is 448 g/mol. The normalized spacial score (nSPS) is 19.5. The highest BCUT2D eigenvalue weighted by Crippen LogP contribution is 2.30. The van der Waals surface area contributed by atoms with Crippen LogP contribution in [0.15, 0.2) is 58.3 Å². The van der Waals surface area contributed by atoms with Gasteiger partial charge >= 0.3 is 0 Å². The Labute approximate surface area is 190 Å². The second-order valence-electron chi connectivity index (χ2n) is 7.84. The quantitative estimate of drug-likeness (QED) is 0.707. The molecule has 164 valence electrons. The van der Waals surface area contributed by atoms with Gasteiger partial charge < -0.3 is 14.2 Å². The van der Waals surface area contributed by atoms with Crippen LogP contribution in [-0.2, 0) is 11.3 Å². The first-order chi connectivity index (χ1) is 15.6. The fourth-order valence-corrected chi connectivity index (χ4v) is 4.84. The molecule has 0 atom stereocenters. The number of thioether (sulfide) groups is 1. The molecule has 1 aromatic carbocycles. The van der Waals surface area contributed by atoms with Crippen molar-refractivity contribution in [2.24, 2.45) is 10.1 Å². The third-order valence-electron chi connectivity index (χ3n) is 5.66. The number of aliphatic imine (C=N–C) groups is 1. The number of hydrogen-bond donors (Lipinski definition) is 1. The van der Waals surface area contributed by atoms with Crippen molar-refractivity contribution in [2.45, 2.75) is 26.3 Å². The summed E-state index contributed by atoms with van der Waals surface area (Å²) >= 11 is 1.36. The molecule has 0 aliphatic carbocycles. The number of para-hydroxylation sites is 1. The van der Waals surface area contributed by atoms with Gasteiger partial charge in [-0.2, -0.15) is 10.0 Å². The minimum absolute atomic E-state index is 0.0607. The van der Waals surface area contributed by atoms with Gasteiger partial charge in [-0.15, -0.1) is 5.10 Å². The molecule has 0 saturated carbocycles. The van der Waals surface area contributed by atoms with E-state index in [4.69, 9.17) is 10.1 Å². The number of benzene rings is 1. The van der Waals surface area contributed by atoms with Crippen molar-refractivity contribution in [3.8, 4) is 5.75 Å². The van der Waals surface area contributed by atoms with Gasteiger partial charge in [-0.1, -0.05) is 18.2 Å². The maximum atomic E-state index is 12.7. The van der Waals surface area contributed by atoms with E-state index in [1.54, 1.807) is 6.08 Å². The Hall–Kier alpha value is -3.33. The fraction of sp³-hybridized carbons (Fsp3) is 0.304. The molecule has 3 aliphatic heterocycles. The molecule has 4 heterocycles. The number of hydrazone groups is 1. The maximum Gasteiger partial charge on any atom is 0.283 e. The largest absolute Gasteiger partial charge is 0.491 e. The van der Waals surface area contributed by atoms with Crippen molar-refractivity contribution in [3.63, 3.8) is 0 Å². The van der Waals surface area contributed by atoms with Crippen molar-refractivity contribution < 1.29 is 9.53 Å². The van der Waals surface area contributed by atoms with Gasteiger partial charge in [0, 0.05) is 25.0 Å². The molecule has 1 amide bonds. The second kappa shape index (κ2) is 8.66. The van der Waals surface area contributed by atoms with E-state index in [2.05, 4.69) is 15.0 Å². The van der Waals surface area contributed by atoms with Crippen LogP contribution >= 0.6 is 11.8 Å². The van der Waals surface area contributed by atoms with Crippen LogP contribution in [0.2, 0.25) is 0 Å². The van der Waals surface area contributed by atoms with E-state index in [0.717, 1.165) is 48.1 Å². The summed E-state index contributed by atoms with van der Waals surface area (Å²) < 4.78 is 7.91. The molecule has 1 N–H and O–H groups in total. The number of rotatable bonds is 5. The first-order valence-electron chi connectivity index (χ1n) is 10.7. The van der Waals surface area contributed by atoms with Crippen LogP contribution in [0.25, 0.3) is 6.08 Å². The van der Waals surface area contributed by atoms with E-state index in [0.29, 0.717) is 18.3 Å². The Bertz CT molecular complexity index is 1160. The van der Waals surface area contributed by atoms with Crippen molar-refractivity contribution in [2.75, 3.05) is 19.7 Å². The number of nitrogens with zero attached hydrogens (tertiary/aromatic N) is 5. The van der Waals surface area contributed by atoms with Crippen molar-refractivity contribution in [3.05, 3.63) is 59.4 Å². The van der Waals surface area contributed by atoms with Crippen LogP contribution in [0.1, 0.15) is 24.1 Å². The highest BCUT2D eigenvalue weighted by atomic mass is 32.2. The number of hydrogen-bond acceptors (Lipinski definition) is 6. The highest BCUT2D eigenvalue weighted by molar-refractivity contribution is 8.26. The first-order valence-corrected chi connectivity index (χ1v) is 11.5. The molecule has 8 nitrogen and oxygen atoms in total. The van der Waals surface area contributed by atoms with Gasteiger partial charge in [-0.3, -0.25) is 10.2 Å². The Morgan fingerprint density at radius 3 is 2.78 bits per heavy atom. The van der Waals surface area contributed by atoms with E-state index < -0.39 is 5.91 Å². The second-order valence-corrected chi connectivity index (χ2v) is 8.77. The molecular weight excluding hydrogens is 424 g/mol. The average Bonchev–Trinajstić information content (AvgIpc) is 3.53. The summed E-state index contributed by atoms with van der Waals surface area (Å²) in [5, 5.41) is 15.9. The third-order valence-corrected chi connectivity index (χ3v) is 6.63. The van der Waals surface area contributed by atoms with E-state index in [1.165, 1.54) is 16.8 Å². The molecule has 32 heavy (non-hydrogen) atoms. The Morgan fingerprint density at radius 2 is 1.97 bits per heavy atom. The summed E-state index contributed by atoms with van der Waals surface area (Å²) in [5.41, 5.74) is 2.15.